The zero-order valence-electron chi connectivity index (χ0n) is 5.29. The summed E-state index contributed by atoms with van der Waals surface area (Å²) in [5.74, 6) is 0.606. The maximum atomic E-state index is 5.54. The number of anilines is 1. The Labute approximate surface area is 57.7 Å². The van der Waals surface area contributed by atoms with Gasteiger partial charge in [0.15, 0.2) is 0 Å². The number of rotatable bonds is 0. The van der Waals surface area contributed by atoms with Crippen molar-refractivity contribution >= 4 is 11.9 Å². The fourth-order valence-corrected chi connectivity index (χ4v) is 0.943. The second kappa shape index (κ2) is 1.76. The molecular formula is C6H7N3O. The largest absolute Gasteiger partial charge is 0.495 e. The van der Waals surface area contributed by atoms with E-state index in [1.54, 1.807) is 12.3 Å². The molecule has 1 aromatic rings. The Bertz CT molecular complexity index is 277. The summed E-state index contributed by atoms with van der Waals surface area (Å²) in [6, 6.07) is 0. The number of nitrogen functional groups attached to an aromatic ring is 1. The van der Waals surface area contributed by atoms with Gasteiger partial charge < -0.3 is 10.5 Å². The molecule has 0 saturated carbocycles. The van der Waals surface area contributed by atoms with Crippen LogP contribution in [0.4, 0.5) is 5.82 Å². The number of nitrogens with two attached hydrogens (primary N) is 1. The van der Waals surface area contributed by atoms with Gasteiger partial charge in [-0.1, -0.05) is 0 Å². The standard InChI is InChI=1S/C6H7N3O/c7-6-4-1-2-10-3-5(4)8-9-6/h1-2H,3H2,(H3,7,8,9). The van der Waals surface area contributed by atoms with E-state index < -0.39 is 0 Å². The predicted molar refractivity (Wildman–Crippen MR) is 36.8 cm³/mol. The topological polar surface area (TPSA) is 63.9 Å². The van der Waals surface area contributed by atoms with Gasteiger partial charge in [-0.15, -0.1) is 0 Å². The van der Waals surface area contributed by atoms with E-state index in [1.165, 1.54) is 0 Å². The third-order valence-electron chi connectivity index (χ3n) is 1.46. The van der Waals surface area contributed by atoms with Gasteiger partial charge in [0.2, 0.25) is 0 Å². The van der Waals surface area contributed by atoms with E-state index in [4.69, 9.17) is 10.5 Å². The van der Waals surface area contributed by atoms with Crippen molar-refractivity contribution in [2.24, 2.45) is 0 Å². The Morgan fingerprint density at radius 1 is 1.70 bits per heavy atom. The number of nitrogens with one attached hydrogen (secondary N) is 1. The Morgan fingerprint density at radius 3 is 3.40 bits per heavy atom. The first-order valence-corrected chi connectivity index (χ1v) is 2.99. The van der Waals surface area contributed by atoms with Gasteiger partial charge in [0.1, 0.15) is 18.1 Å². The van der Waals surface area contributed by atoms with Gasteiger partial charge in [0.25, 0.3) is 0 Å². The van der Waals surface area contributed by atoms with Crippen molar-refractivity contribution < 1.29 is 4.74 Å². The number of aromatic nitrogens is 2. The van der Waals surface area contributed by atoms with E-state index in [9.17, 15) is 0 Å². The smallest absolute Gasteiger partial charge is 0.132 e. The zero-order chi connectivity index (χ0) is 6.97. The van der Waals surface area contributed by atoms with E-state index in [1.807, 2.05) is 0 Å². The molecule has 0 spiro atoms. The Kier molecular flexibility index (Phi) is 0.943. The Hall–Kier alpha value is -1.45. The Morgan fingerprint density at radius 2 is 2.60 bits per heavy atom. The molecule has 0 bridgehead atoms. The molecule has 2 rings (SSSR count). The van der Waals surface area contributed by atoms with Crippen LogP contribution in [0, 0.1) is 0 Å². The monoisotopic (exact) mass is 137 g/mol. The molecule has 1 aromatic heterocycles. The molecule has 4 heteroatoms. The average Bonchev–Trinajstić information content (AvgIpc) is 2.34. The highest BCUT2D eigenvalue weighted by atomic mass is 16.5. The van der Waals surface area contributed by atoms with Gasteiger partial charge >= 0.3 is 0 Å². The molecule has 10 heavy (non-hydrogen) atoms. The highest BCUT2D eigenvalue weighted by Crippen LogP contribution is 2.19. The number of ether oxygens (including phenoxy) is 1. The molecule has 52 valence electrons. The first-order valence-electron chi connectivity index (χ1n) is 2.99. The SMILES string of the molecule is Nc1[nH]nc2c1C=COC2. The van der Waals surface area contributed by atoms with Gasteiger partial charge in [-0.05, 0) is 6.08 Å². The van der Waals surface area contributed by atoms with Crippen molar-refractivity contribution in [3.63, 3.8) is 0 Å². The van der Waals surface area contributed by atoms with Crippen LogP contribution in [0.1, 0.15) is 11.3 Å². The van der Waals surface area contributed by atoms with Gasteiger partial charge in [-0.2, -0.15) is 5.10 Å². The molecule has 0 aliphatic carbocycles. The number of hydrogen-bond donors (Lipinski definition) is 2. The molecular weight excluding hydrogens is 130 g/mol. The van der Waals surface area contributed by atoms with Crippen LogP contribution in [0.3, 0.4) is 0 Å². The van der Waals surface area contributed by atoms with Crippen LogP contribution in [0.15, 0.2) is 6.26 Å². The van der Waals surface area contributed by atoms with Crippen molar-refractivity contribution in [2.75, 3.05) is 5.73 Å². The maximum absolute atomic E-state index is 5.54. The van der Waals surface area contributed by atoms with Crippen LogP contribution in [-0.4, -0.2) is 10.2 Å². The minimum Gasteiger partial charge on any atom is -0.495 e. The molecule has 0 aromatic carbocycles. The fourth-order valence-electron chi connectivity index (χ4n) is 0.943. The van der Waals surface area contributed by atoms with Crippen molar-refractivity contribution in [3.05, 3.63) is 17.5 Å². The van der Waals surface area contributed by atoms with Gasteiger partial charge in [-0.25, -0.2) is 0 Å². The summed E-state index contributed by atoms with van der Waals surface area (Å²) in [5, 5.41) is 6.61. The van der Waals surface area contributed by atoms with E-state index in [0.29, 0.717) is 12.4 Å². The molecule has 3 N–H and O–H groups in total. The van der Waals surface area contributed by atoms with Gasteiger partial charge in [-0.3, -0.25) is 5.10 Å². The van der Waals surface area contributed by atoms with Gasteiger partial charge in [0, 0.05) is 5.56 Å². The highest BCUT2D eigenvalue weighted by molar-refractivity contribution is 5.63. The second-order valence-corrected chi connectivity index (χ2v) is 2.11. The van der Waals surface area contributed by atoms with Crippen molar-refractivity contribution in [1.29, 1.82) is 0 Å². The average molecular weight is 137 g/mol. The fraction of sp³-hybridized carbons (Fsp3) is 0.167. The summed E-state index contributed by atoms with van der Waals surface area (Å²) < 4.78 is 4.99. The normalized spacial score (nSPS) is 14.4. The van der Waals surface area contributed by atoms with Crippen LogP contribution < -0.4 is 5.73 Å². The number of fused-ring (bicyclic) bond motifs is 1. The van der Waals surface area contributed by atoms with E-state index in [0.717, 1.165) is 11.3 Å². The van der Waals surface area contributed by atoms with Crippen LogP contribution in [-0.2, 0) is 11.3 Å². The lowest BCUT2D eigenvalue weighted by Crippen LogP contribution is -1.95. The number of aromatic amines is 1. The van der Waals surface area contributed by atoms with Crippen LogP contribution in [0.2, 0.25) is 0 Å². The quantitative estimate of drug-likeness (QED) is 0.547. The minimum atomic E-state index is 0.513. The molecule has 0 amide bonds. The molecule has 0 radical (unpaired) electrons. The van der Waals surface area contributed by atoms with Gasteiger partial charge in [0.05, 0.1) is 6.26 Å². The summed E-state index contributed by atoms with van der Waals surface area (Å²) >= 11 is 0. The third-order valence-corrected chi connectivity index (χ3v) is 1.46. The molecule has 0 unspecified atom stereocenters. The highest BCUT2D eigenvalue weighted by Gasteiger charge is 2.10. The molecule has 4 nitrogen and oxygen atoms in total. The molecule has 0 fully saturated rings. The maximum Gasteiger partial charge on any atom is 0.132 e. The van der Waals surface area contributed by atoms with Crippen molar-refractivity contribution in [3.8, 4) is 0 Å². The summed E-state index contributed by atoms with van der Waals surface area (Å²) in [5.41, 5.74) is 7.36. The number of H-pyrrole nitrogens is 1. The second-order valence-electron chi connectivity index (χ2n) is 2.11. The zero-order valence-corrected chi connectivity index (χ0v) is 5.29. The molecule has 0 atom stereocenters. The summed E-state index contributed by atoms with van der Waals surface area (Å²) in [4.78, 5) is 0. The minimum absolute atomic E-state index is 0.513. The van der Waals surface area contributed by atoms with Crippen molar-refractivity contribution in [2.45, 2.75) is 6.61 Å². The first-order chi connectivity index (χ1) is 4.88. The molecule has 1 aliphatic rings. The Balaban J connectivity index is 2.57. The lowest BCUT2D eigenvalue weighted by molar-refractivity contribution is 0.230. The lowest BCUT2D eigenvalue weighted by Gasteiger charge is -2.03. The molecule has 1 aliphatic heterocycles. The van der Waals surface area contributed by atoms with Crippen LogP contribution >= 0.6 is 0 Å². The first kappa shape index (κ1) is 5.34. The van der Waals surface area contributed by atoms with Crippen molar-refractivity contribution in [1.82, 2.24) is 10.2 Å². The molecule has 2 heterocycles. The number of nitrogens with zero attached hydrogens (tertiary/aromatic N) is 1. The predicted octanol–water partition coefficient (Wildman–Crippen LogP) is 0.493. The van der Waals surface area contributed by atoms with E-state index in [-0.39, 0.29) is 0 Å². The van der Waals surface area contributed by atoms with E-state index >= 15 is 0 Å². The number of hydrogen-bond acceptors (Lipinski definition) is 3. The summed E-state index contributed by atoms with van der Waals surface area (Å²) in [6.07, 6.45) is 3.42. The molecule has 0 saturated heterocycles. The lowest BCUT2D eigenvalue weighted by atomic mass is 10.2. The summed E-state index contributed by atoms with van der Waals surface area (Å²) in [6.45, 7) is 0.513. The van der Waals surface area contributed by atoms with E-state index in [2.05, 4.69) is 10.2 Å². The van der Waals surface area contributed by atoms with Crippen LogP contribution in [0.5, 0.6) is 0 Å². The third kappa shape index (κ3) is 0.586. The van der Waals surface area contributed by atoms with Crippen LogP contribution in [0.25, 0.3) is 6.08 Å². The summed E-state index contributed by atoms with van der Waals surface area (Å²) in [7, 11) is 0.